The van der Waals surface area contributed by atoms with Gasteiger partial charge >= 0.3 is 5.97 Å². The molecule has 0 radical (unpaired) electrons. The maximum absolute atomic E-state index is 11.3. The number of halogens is 1. The molecule has 0 aliphatic heterocycles. The molecule has 0 fully saturated rings. The Hall–Kier alpha value is -0.0500. The van der Waals surface area contributed by atoms with Gasteiger partial charge in [0, 0.05) is 0 Å². The Morgan fingerprint density at radius 3 is 2.42 bits per heavy atom. The smallest absolute Gasteiger partial charge is 0.322 e. The van der Waals surface area contributed by atoms with Crippen molar-refractivity contribution in [2.75, 3.05) is 7.11 Å². The average Bonchev–Trinajstić information content (AvgIpc) is 2.12. The minimum absolute atomic E-state index is 0.154. The average molecular weight is 237 g/mol. The van der Waals surface area contributed by atoms with Gasteiger partial charge in [0.2, 0.25) is 0 Å². The van der Waals surface area contributed by atoms with Crippen molar-refractivity contribution in [3.05, 3.63) is 0 Å². The highest BCUT2D eigenvalue weighted by Crippen LogP contribution is 2.29. The second-order valence-electron chi connectivity index (χ2n) is 2.91. The van der Waals surface area contributed by atoms with Crippen molar-refractivity contribution >= 4 is 21.9 Å². The Balaban J connectivity index is 4.13. The lowest BCUT2D eigenvalue weighted by atomic mass is 9.99. The molecule has 0 rings (SSSR count). The zero-order valence-electron chi connectivity index (χ0n) is 8.02. The Kier molecular flexibility index (Phi) is 5.55. The molecule has 0 aliphatic carbocycles. The van der Waals surface area contributed by atoms with Crippen LogP contribution in [-0.2, 0) is 9.53 Å². The lowest BCUT2D eigenvalue weighted by Crippen LogP contribution is -2.32. The van der Waals surface area contributed by atoms with E-state index in [1.54, 1.807) is 0 Å². The standard InChI is InChI=1S/C9H17BrO2/c1-4-6-7-9(10,5-2)8(11)12-3/h4-7H2,1-3H3/t9-/m1/s1. The third-order valence-electron chi connectivity index (χ3n) is 2.04. The van der Waals surface area contributed by atoms with Gasteiger partial charge in [0.05, 0.1) is 7.11 Å². The van der Waals surface area contributed by atoms with Crippen LogP contribution in [0.2, 0.25) is 0 Å². The first kappa shape index (κ1) is 11.9. The highest BCUT2D eigenvalue weighted by atomic mass is 79.9. The number of carbonyl (C=O) groups is 1. The van der Waals surface area contributed by atoms with Gasteiger partial charge in [-0.2, -0.15) is 0 Å². The van der Waals surface area contributed by atoms with Gasteiger partial charge in [0.25, 0.3) is 0 Å². The van der Waals surface area contributed by atoms with E-state index in [2.05, 4.69) is 22.9 Å². The number of ether oxygens (including phenoxy) is 1. The number of unbranched alkanes of at least 4 members (excludes halogenated alkanes) is 1. The molecule has 3 heteroatoms. The molecule has 72 valence electrons. The van der Waals surface area contributed by atoms with Crippen LogP contribution in [0.1, 0.15) is 39.5 Å². The summed E-state index contributed by atoms with van der Waals surface area (Å²) in [5.41, 5.74) is 0. The van der Waals surface area contributed by atoms with Crippen molar-refractivity contribution in [2.45, 2.75) is 43.9 Å². The van der Waals surface area contributed by atoms with Gasteiger partial charge in [-0.3, -0.25) is 4.79 Å². The summed E-state index contributed by atoms with van der Waals surface area (Å²) in [5, 5.41) is 0. The van der Waals surface area contributed by atoms with Gasteiger partial charge in [-0.1, -0.05) is 42.6 Å². The normalized spacial score (nSPS) is 15.3. The minimum atomic E-state index is -0.447. The molecule has 12 heavy (non-hydrogen) atoms. The number of carbonyl (C=O) groups excluding carboxylic acids is 1. The van der Waals surface area contributed by atoms with Gasteiger partial charge in [-0.05, 0) is 12.8 Å². The first-order chi connectivity index (χ1) is 5.60. The molecule has 0 N–H and O–H groups in total. The molecular formula is C9H17BrO2. The zero-order valence-corrected chi connectivity index (χ0v) is 9.61. The van der Waals surface area contributed by atoms with Crippen molar-refractivity contribution in [3.63, 3.8) is 0 Å². The van der Waals surface area contributed by atoms with Crippen LogP contribution in [0.25, 0.3) is 0 Å². The fraction of sp³-hybridized carbons (Fsp3) is 0.889. The van der Waals surface area contributed by atoms with E-state index in [-0.39, 0.29) is 5.97 Å². The number of esters is 1. The molecule has 0 saturated carbocycles. The first-order valence-electron chi connectivity index (χ1n) is 4.38. The summed E-state index contributed by atoms with van der Waals surface area (Å²) >= 11 is 3.44. The largest absolute Gasteiger partial charge is 0.468 e. The van der Waals surface area contributed by atoms with Gasteiger partial charge in [-0.15, -0.1) is 0 Å². The Bertz CT molecular complexity index is 147. The fourth-order valence-corrected chi connectivity index (χ4v) is 1.51. The van der Waals surface area contributed by atoms with E-state index in [0.29, 0.717) is 0 Å². The quantitative estimate of drug-likeness (QED) is 0.542. The van der Waals surface area contributed by atoms with Crippen LogP contribution in [0.3, 0.4) is 0 Å². The van der Waals surface area contributed by atoms with Gasteiger partial charge in [0.1, 0.15) is 4.32 Å². The van der Waals surface area contributed by atoms with Crippen LogP contribution in [0, 0.1) is 0 Å². The monoisotopic (exact) mass is 236 g/mol. The van der Waals surface area contributed by atoms with Gasteiger partial charge < -0.3 is 4.74 Å². The lowest BCUT2D eigenvalue weighted by Gasteiger charge is -2.22. The highest BCUT2D eigenvalue weighted by molar-refractivity contribution is 9.10. The molecule has 0 unspecified atom stereocenters. The highest BCUT2D eigenvalue weighted by Gasteiger charge is 2.33. The molecule has 0 amide bonds. The molecule has 0 saturated heterocycles. The summed E-state index contributed by atoms with van der Waals surface area (Å²) < 4.78 is 4.27. The van der Waals surface area contributed by atoms with Crippen molar-refractivity contribution in [1.82, 2.24) is 0 Å². The summed E-state index contributed by atoms with van der Waals surface area (Å²) in [6.45, 7) is 4.10. The predicted octanol–water partition coefficient (Wildman–Crippen LogP) is 2.89. The van der Waals surface area contributed by atoms with Crippen molar-refractivity contribution in [3.8, 4) is 0 Å². The Morgan fingerprint density at radius 2 is 2.08 bits per heavy atom. The van der Waals surface area contributed by atoms with Crippen LogP contribution < -0.4 is 0 Å². The molecular weight excluding hydrogens is 220 g/mol. The molecule has 1 atom stereocenters. The minimum Gasteiger partial charge on any atom is -0.468 e. The van der Waals surface area contributed by atoms with Crippen molar-refractivity contribution in [2.24, 2.45) is 0 Å². The summed E-state index contributed by atoms with van der Waals surface area (Å²) in [7, 11) is 1.43. The molecule has 2 nitrogen and oxygen atoms in total. The number of alkyl halides is 1. The van der Waals surface area contributed by atoms with Crippen molar-refractivity contribution in [1.29, 1.82) is 0 Å². The summed E-state index contributed by atoms with van der Waals surface area (Å²) in [6, 6.07) is 0. The molecule has 0 aromatic heterocycles. The number of hydrogen-bond acceptors (Lipinski definition) is 2. The van der Waals surface area contributed by atoms with E-state index in [1.807, 2.05) is 6.92 Å². The number of methoxy groups -OCH3 is 1. The van der Waals surface area contributed by atoms with Crippen LogP contribution in [0.15, 0.2) is 0 Å². The summed E-state index contributed by atoms with van der Waals surface area (Å²) in [6.07, 6.45) is 3.78. The Labute approximate surface area is 82.8 Å². The van der Waals surface area contributed by atoms with Gasteiger partial charge in [-0.25, -0.2) is 0 Å². The first-order valence-corrected chi connectivity index (χ1v) is 5.17. The maximum Gasteiger partial charge on any atom is 0.322 e. The SMILES string of the molecule is CCCC[C@](Br)(CC)C(=O)OC. The van der Waals surface area contributed by atoms with E-state index in [1.165, 1.54) is 7.11 Å². The second-order valence-corrected chi connectivity index (χ2v) is 4.43. The van der Waals surface area contributed by atoms with E-state index < -0.39 is 4.32 Å². The van der Waals surface area contributed by atoms with Crippen LogP contribution in [0.5, 0.6) is 0 Å². The molecule has 0 heterocycles. The number of hydrogen-bond donors (Lipinski definition) is 0. The third kappa shape index (κ3) is 3.13. The van der Waals surface area contributed by atoms with E-state index >= 15 is 0 Å². The molecule has 0 bridgehead atoms. The summed E-state index contributed by atoms with van der Waals surface area (Å²) in [5.74, 6) is -0.154. The maximum atomic E-state index is 11.3. The molecule has 0 spiro atoms. The van der Waals surface area contributed by atoms with E-state index in [9.17, 15) is 4.79 Å². The van der Waals surface area contributed by atoms with Gasteiger partial charge in [0.15, 0.2) is 0 Å². The zero-order chi connectivity index (χ0) is 9.61. The second kappa shape index (κ2) is 5.57. The van der Waals surface area contributed by atoms with E-state index in [4.69, 9.17) is 4.74 Å². The lowest BCUT2D eigenvalue weighted by molar-refractivity contribution is -0.143. The van der Waals surface area contributed by atoms with E-state index in [0.717, 1.165) is 25.7 Å². The summed E-state index contributed by atoms with van der Waals surface area (Å²) in [4.78, 5) is 11.3. The predicted molar refractivity (Wildman–Crippen MR) is 53.5 cm³/mol. The van der Waals surface area contributed by atoms with Crippen LogP contribution in [0.4, 0.5) is 0 Å². The Morgan fingerprint density at radius 1 is 1.50 bits per heavy atom. The van der Waals surface area contributed by atoms with Crippen molar-refractivity contribution < 1.29 is 9.53 Å². The molecule has 0 aromatic rings. The fourth-order valence-electron chi connectivity index (χ4n) is 1.06. The van der Waals surface area contributed by atoms with Crippen LogP contribution in [-0.4, -0.2) is 17.4 Å². The topological polar surface area (TPSA) is 26.3 Å². The molecule has 0 aromatic carbocycles. The molecule has 0 aliphatic rings. The van der Waals surface area contributed by atoms with Crippen LogP contribution >= 0.6 is 15.9 Å². The number of rotatable bonds is 5. The third-order valence-corrected chi connectivity index (χ3v) is 3.32.